The van der Waals surface area contributed by atoms with Crippen LogP contribution in [0.1, 0.15) is 41.8 Å². The Balaban J connectivity index is 1.74. The Bertz CT molecular complexity index is 1140. The van der Waals surface area contributed by atoms with E-state index in [0.29, 0.717) is 22.8 Å². The third-order valence-corrected chi connectivity index (χ3v) is 5.03. The third kappa shape index (κ3) is 3.79. The molecule has 1 aromatic heterocycles. The van der Waals surface area contributed by atoms with Crippen molar-refractivity contribution in [1.29, 1.82) is 0 Å². The zero-order chi connectivity index (χ0) is 21.5. The third-order valence-electron chi connectivity index (χ3n) is 5.03. The van der Waals surface area contributed by atoms with Gasteiger partial charge < -0.3 is 5.32 Å². The van der Waals surface area contributed by atoms with Crippen molar-refractivity contribution >= 4 is 11.5 Å². The molecule has 0 aliphatic carbocycles. The first-order valence-electron chi connectivity index (χ1n) is 9.56. The summed E-state index contributed by atoms with van der Waals surface area (Å²) in [5.74, 6) is 0.128. The number of pyridine rings is 1. The Labute approximate surface area is 171 Å². The van der Waals surface area contributed by atoms with Gasteiger partial charge in [-0.1, -0.05) is 31.2 Å². The molecule has 0 bridgehead atoms. The van der Waals surface area contributed by atoms with Gasteiger partial charge in [0.2, 0.25) is 0 Å². The average molecular weight is 413 g/mol. The number of benzene rings is 2. The molecule has 0 radical (unpaired) electrons. The predicted molar refractivity (Wildman–Crippen MR) is 109 cm³/mol. The molecular formula is C23H19F4N3. The Morgan fingerprint density at radius 2 is 1.77 bits per heavy atom. The first kappa shape index (κ1) is 20.1. The quantitative estimate of drug-likeness (QED) is 0.495. The van der Waals surface area contributed by atoms with Gasteiger partial charge in [0.05, 0.1) is 17.3 Å². The number of nitrogens with one attached hydrogen (secondary N) is 1. The van der Waals surface area contributed by atoms with E-state index in [4.69, 9.17) is 0 Å². The van der Waals surface area contributed by atoms with Crippen LogP contribution >= 0.6 is 0 Å². The van der Waals surface area contributed by atoms with Gasteiger partial charge in [-0.05, 0) is 49.2 Å². The van der Waals surface area contributed by atoms with Crippen LogP contribution in [0, 0.1) is 12.7 Å². The van der Waals surface area contributed by atoms with Crippen LogP contribution < -0.4 is 5.32 Å². The van der Waals surface area contributed by atoms with Crippen LogP contribution in [-0.2, 0) is 6.18 Å². The van der Waals surface area contributed by atoms with Crippen molar-refractivity contribution in [2.45, 2.75) is 32.5 Å². The maximum atomic E-state index is 13.8. The highest BCUT2D eigenvalue weighted by Gasteiger charge is 2.33. The fourth-order valence-corrected chi connectivity index (χ4v) is 3.70. The fraction of sp³-hybridized carbons (Fsp3) is 0.217. The van der Waals surface area contributed by atoms with E-state index in [1.165, 1.54) is 24.3 Å². The molecule has 3 aromatic rings. The van der Waals surface area contributed by atoms with Crippen molar-refractivity contribution in [3.63, 3.8) is 0 Å². The van der Waals surface area contributed by atoms with Crippen molar-refractivity contribution in [3.8, 4) is 11.3 Å². The van der Waals surface area contributed by atoms with E-state index in [9.17, 15) is 17.6 Å². The molecule has 2 aromatic carbocycles. The Hall–Kier alpha value is -3.22. The van der Waals surface area contributed by atoms with E-state index in [1.807, 2.05) is 6.92 Å². The largest absolute Gasteiger partial charge is 0.417 e. The molecule has 7 heteroatoms. The minimum absolute atomic E-state index is 0.00277. The summed E-state index contributed by atoms with van der Waals surface area (Å²) in [5.41, 5.74) is 2.14. The number of amidine groups is 1. The summed E-state index contributed by atoms with van der Waals surface area (Å²) in [7, 11) is 0. The minimum atomic E-state index is -4.49. The summed E-state index contributed by atoms with van der Waals surface area (Å²) in [6.07, 6.45) is -3.74. The molecule has 0 spiro atoms. The molecule has 2 heterocycles. The van der Waals surface area contributed by atoms with Crippen molar-refractivity contribution in [1.82, 2.24) is 4.98 Å². The first-order chi connectivity index (χ1) is 14.3. The van der Waals surface area contributed by atoms with Crippen LogP contribution in [0.25, 0.3) is 11.3 Å². The van der Waals surface area contributed by atoms with Gasteiger partial charge in [-0.3, -0.25) is 9.98 Å². The van der Waals surface area contributed by atoms with Crippen molar-refractivity contribution < 1.29 is 17.6 Å². The number of nitrogens with zero attached hydrogens (tertiary/aromatic N) is 2. The van der Waals surface area contributed by atoms with Crippen LogP contribution in [0.2, 0.25) is 0 Å². The lowest BCUT2D eigenvalue weighted by atomic mass is 10.0. The standard InChI is InChI=1S/C23H19F4N3/c1-3-20-16-9-8-14(24)11-18(16)22(30-20)29-15-10-13(2)28-21(12-15)17-6-4-5-7-19(17)23(25,26)27/h4-12,20H,3H2,1-2H3,(H,28,29,30). The van der Waals surface area contributed by atoms with E-state index >= 15 is 0 Å². The maximum Gasteiger partial charge on any atom is 0.417 e. The molecule has 1 aliphatic heterocycles. The lowest BCUT2D eigenvalue weighted by Gasteiger charge is -2.14. The summed E-state index contributed by atoms with van der Waals surface area (Å²) >= 11 is 0. The average Bonchev–Trinajstić information content (AvgIpc) is 3.03. The topological polar surface area (TPSA) is 37.3 Å². The van der Waals surface area contributed by atoms with Gasteiger partial charge in [-0.25, -0.2) is 4.39 Å². The molecule has 1 N–H and O–H groups in total. The smallest absolute Gasteiger partial charge is 0.340 e. The van der Waals surface area contributed by atoms with Crippen LogP contribution in [-0.4, -0.2) is 10.8 Å². The number of anilines is 1. The van der Waals surface area contributed by atoms with Gasteiger partial charge in [0, 0.05) is 22.5 Å². The summed E-state index contributed by atoms with van der Waals surface area (Å²) in [5, 5.41) is 3.16. The van der Waals surface area contributed by atoms with Gasteiger partial charge in [0.15, 0.2) is 0 Å². The van der Waals surface area contributed by atoms with Crippen LogP contribution in [0.5, 0.6) is 0 Å². The van der Waals surface area contributed by atoms with Gasteiger partial charge >= 0.3 is 6.18 Å². The molecule has 1 atom stereocenters. The molecule has 3 nitrogen and oxygen atoms in total. The number of alkyl halides is 3. The maximum absolute atomic E-state index is 13.8. The zero-order valence-corrected chi connectivity index (χ0v) is 16.4. The zero-order valence-electron chi connectivity index (χ0n) is 16.4. The number of aryl methyl sites for hydroxylation is 1. The van der Waals surface area contributed by atoms with Crippen LogP contribution in [0.3, 0.4) is 0 Å². The molecule has 154 valence electrons. The monoisotopic (exact) mass is 413 g/mol. The lowest BCUT2D eigenvalue weighted by molar-refractivity contribution is -0.137. The number of hydrogen-bond donors (Lipinski definition) is 1. The first-order valence-corrected chi connectivity index (χ1v) is 9.56. The van der Waals surface area contributed by atoms with Crippen molar-refractivity contribution in [2.75, 3.05) is 5.32 Å². The molecule has 0 fully saturated rings. The molecule has 1 aliphatic rings. The highest BCUT2D eigenvalue weighted by molar-refractivity contribution is 6.11. The van der Waals surface area contributed by atoms with Gasteiger partial charge in [0.1, 0.15) is 11.7 Å². The van der Waals surface area contributed by atoms with E-state index < -0.39 is 11.7 Å². The van der Waals surface area contributed by atoms with E-state index in [2.05, 4.69) is 15.3 Å². The normalized spacial score (nSPS) is 15.7. The highest BCUT2D eigenvalue weighted by atomic mass is 19.4. The lowest BCUT2D eigenvalue weighted by Crippen LogP contribution is -2.13. The fourth-order valence-electron chi connectivity index (χ4n) is 3.70. The number of hydrogen-bond acceptors (Lipinski definition) is 3. The van der Waals surface area contributed by atoms with Crippen molar-refractivity contribution in [2.24, 2.45) is 4.99 Å². The Morgan fingerprint density at radius 3 is 2.50 bits per heavy atom. The highest BCUT2D eigenvalue weighted by Crippen LogP contribution is 2.37. The van der Waals surface area contributed by atoms with Crippen molar-refractivity contribution in [3.05, 3.63) is 82.8 Å². The molecule has 0 saturated heterocycles. The second kappa shape index (κ2) is 7.55. The Morgan fingerprint density at radius 1 is 1.00 bits per heavy atom. The molecular weight excluding hydrogens is 394 g/mol. The number of fused-ring (bicyclic) bond motifs is 1. The van der Waals surface area contributed by atoms with E-state index in [1.54, 1.807) is 31.2 Å². The second-order valence-electron chi connectivity index (χ2n) is 7.18. The second-order valence-corrected chi connectivity index (χ2v) is 7.18. The minimum Gasteiger partial charge on any atom is -0.340 e. The van der Waals surface area contributed by atoms with Gasteiger partial charge in [-0.2, -0.15) is 13.2 Å². The van der Waals surface area contributed by atoms with Crippen LogP contribution in [0.15, 0.2) is 59.6 Å². The molecule has 0 amide bonds. The van der Waals surface area contributed by atoms with E-state index in [-0.39, 0.29) is 23.1 Å². The Kier molecular flexibility index (Phi) is 5.05. The number of halogens is 4. The molecule has 1 unspecified atom stereocenters. The van der Waals surface area contributed by atoms with Gasteiger partial charge in [-0.15, -0.1) is 0 Å². The summed E-state index contributed by atoms with van der Waals surface area (Å²) < 4.78 is 54.2. The van der Waals surface area contributed by atoms with Gasteiger partial charge in [0.25, 0.3) is 0 Å². The summed E-state index contributed by atoms with van der Waals surface area (Å²) in [6.45, 7) is 3.71. The number of aromatic nitrogens is 1. The summed E-state index contributed by atoms with van der Waals surface area (Å²) in [4.78, 5) is 8.94. The summed E-state index contributed by atoms with van der Waals surface area (Å²) in [6, 6.07) is 13.1. The molecule has 4 rings (SSSR count). The van der Waals surface area contributed by atoms with E-state index in [0.717, 1.165) is 18.1 Å². The SMILES string of the molecule is CCC1N=C(Nc2cc(C)nc(-c3ccccc3C(F)(F)F)c2)c2cc(F)ccc21. The number of rotatable bonds is 3. The van der Waals surface area contributed by atoms with Crippen LogP contribution in [0.4, 0.5) is 23.2 Å². The predicted octanol–water partition coefficient (Wildman–Crippen LogP) is 6.54. The number of aliphatic imine (C=N–C) groups is 1. The molecule has 0 saturated carbocycles. The molecule has 30 heavy (non-hydrogen) atoms.